The van der Waals surface area contributed by atoms with Gasteiger partial charge in [0, 0.05) is 18.7 Å². The Morgan fingerprint density at radius 2 is 2.04 bits per heavy atom. The molecule has 1 aliphatic rings. The summed E-state index contributed by atoms with van der Waals surface area (Å²) in [4.78, 5) is 24.4. The summed E-state index contributed by atoms with van der Waals surface area (Å²) in [6.07, 6.45) is 0.122. The quantitative estimate of drug-likeness (QED) is 0.749. The summed E-state index contributed by atoms with van der Waals surface area (Å²) >= 11 is 0. The lowest BCUT2D eigenvalue weighted by Gasteiger charge is -2.25. The minimum absolute atomic E-state index is 0.122. The first-order chi connectivity index (χ1) is 12.7. The molecule has 0 aliphatic carbocycles. The number of hydrogen-bond donors (Lipinski definition) is 2. The SMILES string of the molecule is COc1ccc2c(c1)[C@@H](C(=O)NCCOCc1ccccc1)CC(=O)N2. The maximum atomic E-state index is 12.6. The third-order valence-corrected chi connectivity index (χ3v) is 4.27. The lowest BCUT2D eigenvalue weighted by atomic mass is 9.89. The summed E-state index contributed by atoms with van der Waals surface area (Å²) in [5.74, 6) is -0.215. The molecule has 2 aromatic carbocycles. The Hall–Kier alpha value is -2.86. The molecule has 6 nitrogen and oxygen atoms in total. The van der Waals surface area contributed by atoms with E-state index in [-0.39, 0.29) is 18.2 Å². The molecule has 0 aromatic heterocycles. The fourth-order valence-electron chi connectivity index (χ4n) is 2.93. The zero-order valence-corrected chi connectivity index (χ0v) is 14.7. The molecule has 1 heterocycles. The average Bonchev–Trinajstić information content (AvgIpc) is 2.67. The second kappa shape index (κ2) is 8.49. The molecule has 0 saturated carbocycles. The molecular weight excluding hydrogens is 332 g/mol. The number of hydrogen-bond acceptors (Lipinski definition) is 4. The van der Waals surface area contributed by atoms with Gasteiger partial charge in [-0.2, -0.15) is 0 Å². The Morgan fingerprint density at radius 3 is 2.81 bits per heavy atom. The van der Waals surface area contributed by atoms with Gasteiger partial charge in [0.2, 0.25) is 11.8 Å². The molecule has 1 aliphatic heterocycles. The fourth-order valence-corrected chi connectivity index (χ4v) is 2.93. The van der Waals surface area contributed by atoms with E-state index >= 15 is 0 Å². The van der Waals surface area contributed by atoms with E-state index in [1.807, 2.05) is 30.3 Å². The van der Waals surface area contributed by atoms with Gasteiger partial charge in [-0.15, -0.1) is 0 Å². The molecule has 0 saturated heterocycles. The lowest BCUT2D eigenvalue weighted by Crippen LogP contribution is -2.36. The fraction of sp³-hybridized carbons (Fsp3) is 0.300. The van der Waals surface area contributed by atoms with Crippen LogP contribution in [0.1, 0.15) is 23.5 Å². The van der Waals surface area contributed by atoms with Gasteiger partial charge in [-0.05, 0) is 29.3 Å². The van der Waals surface area contributed by atoms with Gasteiger partial charge in [0.15, 0.2) is 0 Å². The van der Waals surface area contributed by atoms with Crippen molar-refractivity contribution in [2.24, 2.45) is 0 Å². The van der Waals surface area contributed by atoms with E-state index in [0.717, 1.165) is 11.1 Å². The van der Waals surface area contributed by atoms with Gasteiger partial charge in [-0.25, -0.2) is 0 Å². The Kier molecular flexibility index (Phi) is 5.86. The molecular formula is C20H22N2O4. The summed E-state index contributed by atoms with van der Waals surface area (Å²) in [6, 6.07) is 15.2. The van der Waals surface area contributed by atoms with Gasteiger partial charge in [-0.3, -0.25) is 9.59 Å². The van der Waals surface area contributed by atoms with Gasteiger partial charge in [0.05, 0.1) is 26.2 Å². The van der Waals surface area contributed by atoms with Crippen molar-refractivity contribution in [2.75, 3.05) is 25.6 Å². The smallest absolute Gasteiger partial charge is 0.228 e. The van der Waals surface area contributed by atoms with Crippen LogP contribution in [0.3, 0.4) is 0 Å². The summed E-state index contributed by atoms with van der Waals surface area (Å²) < 4.78 is 10.8. The van der Waals surface area contributed by atoms with Crippen molar-refractivity contribution in [3.63, 3.8) is 0 Å². The van der Waals surface area contributed by atoms with Gasteiger partial charge in [-0.1, -0.05) is 30.3 Å². The van der Waals surface area contributed by atoms with Crippen LogP contribution < -0.4 is 15.4 Å². The molecule has 0 fully saturated rings. The predicted molar refractivity (Wildman–Crippen MR) is 98.1 cm³/mol. The Bertz CT molecular complexity index is 777. The second-order valence-electron chi connectivity index (χ2n) is 6.09. The molecule has 0 spiro atoms. The Balaban J connectivity index is 1.54. The van der Waals surface area contributed by atoms with Crippen LogP contribution in [0.15, 0.2) is 48.5 Å². The van der Waals surface area contributed by atoms with Crippen LogP contribution in [0.2, 0.25) is 0 Å². The van der Waals surface area contributed by atoms with Crippen LogP contribution in [0, 0.1) is 0 Å². The summed E-state index contributed by atoms with van der Waals surface area (Å²) in [7, 11) is 1.57. The highest BCUT2D eigenvalue weighted by atomic mass is 16.5. The van der Waals surface area contributed by atoms with E-state index in [9.17, 15) is 9.59 Å². The number of carbonyl (C=O) groups is 2. The number of amides is 2. The number of methoxy groups -OCH3 is 1. The zero-order chi connectivity index (χ0) is 18.4. The summed E-state index contributed by atoms with van der Waals surface area (Å²) in [5, 5.41) is 5.64. The van der Waals surface area contributed by atoms with E-state index in [2.05, 4.69) is 10.6 Å². The van der Waals surface area contributed by atoms with Crippen LogP contribution in [-0.4, -0.2) is 32.1 Å². The first-order valence-corrected chi connectivity index (χ1v) is 8.54. The van der Waals surface area contributed by atoms with Crippen molar-refractivity contribution in [1.82, 2.24) is 5.32 Å². The van der Waals surface area contributed by atoms with Crippen molar-refractivity contribution >= 4 is 17.5 Å². The van der Waals surface area contributed by atoms with Crippen LogP contribution in [0.25, 0.3) is 0 Å². The van der Waals surface area contributed by atoms with Crippen molar-refractivity contribution in [3.05, 3.63) is 59.7 Å². The van der Waals surface area contributed by atoms with Gasteiger partial charge in [0.25, 0.3) is 0 Å². The van der Waals surface area contributed by atoms with Crippen LogP contribution in [-0.2, 0) is 20.9 Å². The van der Waals surface area contributed by atoms with Crippen molar-refractivity contribution in [3.8, 4) is 5.75 Å². The molecule has 2 aromatic rings. The molecule has 0 radical (unpaired) electrons. The molecule has 26 heavy (non-hydrogen) atoms. The number of rotatable bonds is 7. The molecule has 3 rings (SSSR count). The second-order valence-corrected chi connectivity index (χ2v) is 6.09. The average molecular weight is 354 g/mol. The molecule has 2 N–H and O–H groups in total. The topological polar surface area (TPSA) is 76.7 Å². The Morgan fingerprint density at radius 1 is 1.23 bits per heavy atom. The monoisotopic (exact) mass is 354 g/mol. The minimum Gasteiger partial charge on any atom is -0.497 e. The third kappa shape index (κ3) is 4.40. The normalized spacial score (nSPS) is 15.7. The van der Waals surface area contributed by atoms with Gasteiger partial charge in [0.1, 0.15) is 5.75 Å². The molecule has 136 valence electrons. The van der Waals surface area contributed by atoms with Crippen molar-refractivity contribution in [2.45, 2.75) is 18.9 Å². The highest BCUT2D eigenvalue weighted by Gasteiger charge is 2.30. The first-order valence-electron chi connectivity index (χ1n) is 8.54. The van der Waals surface area contributed by atoms with Crippen molar-refractivity contribution < 1.29 is 19.1 Å². The maximum Gasteiger partial charge on any atom is 0.228 e. The van der Waals surface area contributed by atoms with E-state index < -0.39 is 5.92 Å². The molecule has 2 amide bonds. The van der Waals surface area contributed by atoms with Gasteiger partial charge < -0.3 is 20.1 Å². The highest BCUT2D eigenvalue weighted by molar-refractivity contribution is 6.01. The number of carbonyl (C=O) groups excluding carboxylic acids is 2. The van der Waals surface area contributed by atoms with Crippen LogP contribution in [0.4, 0.5) is 5.69 Å². The molecule has 6 heteroatoms. The number of fused-ring (bicyclic) bond motifs is 1. The lowest BCUT2D eigenvalue weighted by molar-refractivity contribution is -0.126. The van der Waals surface area contributed by atoms with Gasteiger partial charge >= 0.3 is 0 Å². The third-order valence-electron chi connectivity index (χ3n) is 4.27. The predicted octanol–water partition coefficient (Wildman–Crippen LogP) is 2.45. The standard InChI is InChI=1S/C20H22N2O4/c1-25-15-7-8-18-16(11-15)17(12-19(23)22-18)20(24)21-9-10-26-13-14-5-3-2-4-6-14/h2-8,11,17H,9-10,12-13H2,1H3,(H,21,24)(H,22,23)/t17-/m0/s1. The van der Waals surface area contributed by atoms with E-state index in [1.165, 1.54) is 0 Å². The highest BCUT2D eigenvalue weighted by Crippen LogP contribution is 2.34. The van der Waals surface area contributed by atoms with Crippen molar-refractivity contribution in [1.29, 1.82) is 0 Å². The van der Waals surface area contributed by atoms with E-state index in [1.54, 1.807) is 25.3 Å². The van der Waals surface area contributed by atoms with Crippen LogP contribution >= 0.6 is 0 Å². The largest absolute Gasteiger partial charge is 0.497 e. The van der Waals surface area contributed by atoms with E-state index in [4.69, 9.17) is 9.47 Å². The number of anilines is 1. The molecule has 1 atom stereocenters. The number of nitrogens with one attached hydrogen (secondary N) is 2. The van der Waals surface area contributed by atoms with Crippen LogP contribution in [0.5, 0.6) is 5.75 Å². The summed E-state index contributed by atoms with van der Waals surface area (Å²) in [5.41, 5.74) is 2.51. The van der Waals surface area contributed by atoms with E-state index in [0.29, 0.717) is 31.2 Å². The zero-order valence-electron chi connectivity index (χ0n) is 14.7. The Labute approximate surface area is 152 Å². The maximum absolute atomic E-state index is 12.6. The first kappa shape index (κ1) is 17.9. The molecule has 0 bridgehead atoms. The summed E-state index contributed by atoms with van der Waals surface area (Å²) in [6.45, 7) is 1.30. The number of ether oxygens (including phenoxy) is 2. The minimum atomic E-state index is -0.525. The number of benzene rings is 2. The molecule has 0 unspecified atom stereocenters.